The molecule has 0 aliphatic rings. The highest BCUT2D eigenvalue weighted by atomic mass is 16.7. The van der Waals surface area contributed by atoms with Crippen LogP contribution in [0.1, 0.15) is 18.4 Å². The van der Waals surface area contributed by atoms with Crippen LogP contribution in [0.25, 0.3) is 0 Å². The van der Waals surface area contributed by atoms with E-state index in [2.05, 4.69) is 14.2 Å². The number of benzene rings is 1. The van der Waals surface area contributed by atoms with Crippen LogP contribution in [-0.4, -0.2) is 63.5 Å². The normalized spacial score (nSPS) is 13.2. The van der Waals surface area contributed by atoms with E-state index in [1.807, 2.05) is 0 Å². The Morgan fingerprint density at radius 1 is 0.933 bits per heavy atom. The van der Waals surface area contributed by atoms with Crippen LogP contribution in [0.2, 0.25) is 0 Å². The molecule has 12 heteroatoms. The van der Waals surface area contributed by atoms with Gasteiger partial charge >= 0.3 is 24.4 Å². The van der Waals surface area contributed by atoms with E-state index in [1.54, 1.807) is 6.92 Å². The highest BCUT2D eigenvalue weighted by Crippen LogP contribution is 2.36. The van der Waals surface area contributed by atoms with Crippen molar-refractivity contribution < 1.29 is 52.7 Å². The maximum absolute atomic E-state index is 11.6. The Morgan fingerprint density at radius 2 is 1.47 bits per heavy atom. The Bertz CT molecular complexity index is 779. The number of carbonyl (C=O) groups excluding carboxylic acids is 3. The van der Waals surface area contributed by atoms with Gasteiger partial charge in [-0.15, -0.1) is 0 Å². The molecule has 2 unspecified atom stereocenters. The average molecular weight is 429 g/mol. The number of nitrogens with two attached hydrogens (primary N) is 1. The van der Waals surface area contributed by atoms with Crippen molar-refractivity contribution in [3.63, 3.8) is 0 Å². The Kier molecular flexibility index (Phi) is 9.36. The van der Waals surface area contributed by atoms with Gasteiger partial charge < -0.3 is 39.3 Å². The lowest BCUT2D eigenvalue weighted by Crippen LogP contribution is -2.40. The van der Waals surface area contributed by atoms with Crippen LogP contribution in [0.3, 0.4) is 0 Å². The third-order valence-electron chi connectivity index (χ3n) is 3.99. The van der Waals surface area contributed by atoms with E-state index in [1.165, 1.54) is 18.2 Å². The first-order chi connectivity index (χ1) is 14.1. The van der Waals surface area contributed by atoms with E-state index in [0.29, 0.717) is 5.56 Å². The molecule has 0 amide bonds. The first-order valence-electron chi connectivity index (χ1n) is 8.49. The lowest BCUT2D eigenvalue weighted by molar-refractivity contribution is -0.139. The minimum absolute atomic E-state index is 0.183. The van der Waals surface area contributed by atoms with E-state index in [4.69, 9.17) is 19.9 Å². The molecule has 0 fully saturated rings. The summed E-state index contributed by atoms with van der Waals surface area (Å²) in [5, 5.41) is 9.40. The molecule has 166 valence electrons. The van der Waals surface area contributed by atoms with Gasteiger partial charge in [-0.2, -0.15) is 0 Å². The topological polar surface area (TPSA) is 170 Å². The summed E-state index contributed by atoms with van der Waals surface area (Å²) in [5.74, 6) is -3.21. The standard InChI is InChI=1S/C18H23NO11/c1-9(8-28-16(22)25-2)13(14(19)15(20)21)10-5-6-11(29-17(23)26-3)12(7-10)30-18(24)27-4/h5-7,9,13-14H,8,19H2,1-4H3,(H,20,21)/t9?,13?,14-/m0/s1. The van der Waals surface area contributed by atoms with E-state index < -0.39 is 42.3 Å². The molecule has 1 aromatic carbocycles. The summed E-state index contributed by atoms with van der Waals surface area (Å²) >= 11 is 0. The Hall–Kier alpha value is -3.54. The van der Waals surface area contributed by atoms with Crippen LogP contribution in [-0.2, 0) is 23.7 Å². The highest BCUT2D eigenvalue weighted by molar-refractivity contribution is 5.75. The van der Waals surface area contributed by atoms with Crippen LogP contribution in [0.5, 0.6) is 11.5 Å². The van der Waals surface area contributed by atoms with Gasteiger partial charge in [-0.25, -0.2) is 14.4 Å². The van der Waals surface area contributed by atoms with E-state index in [9.17, 15) is 24.3 Å². The number of rotatable bonds is 8. The SMILES string of the molecule is COC(=O)OCC(C)C(c1ccc(OC(=O)OC)c(OC(=O)OC)c1)[C@H](N)C(=O)O. The number of carbonyl (C=O) groups is 4. The summed E-state index contributed by atoms with van der Waals surface area (Å²) in [7, 11) is 3.29. The average Bonchev–Trinajstić information content (AvgIpc) is 2.73. The quantitative estimate of drug-likeness (QED) is 0.350. The molecule has 0 aliphatic heterocycles. The van der Waals surface area contributed by atoms with E-state index in [0.717, 1.165) is 21.3 Å². The second-order valence-electron chi connectivity index (χ2n) is 5.95. The van der Waals surface area contributed by atoms with Gasteiger partial charge in [0.05, 0.1) is 27.9 Å². The lowest BCUT2D eigenvalue weighted by Gasteiger charge is -2.27. The third kappa shape index (κ3) is 6.81. The fourth-order valence-electron chi connectivity index (χ4n) is 2.56. The zero-order valence-electron chi connectivity index (χ0n) is 16.8. The molecule has 1 aromatic rings. The minimum Gasteiger partial charge on any atom is -0.480 e. The molecular formula is C18H23NO11. The Morgan fingerprint density at radius 3 is 1.97 bits per heavy atom. The van der Waals surface area contributed by atoms with Crippen LogP contribution in [0, 0.1) is 5.92 Å². The highest BCUT2D eigenvalue weighted by Gasteiger charge is 2.33. The van der Waals surface area contributed by atoms with Crippen LogP contribution in [0.4, 0.5) is 14.4 Å². The van der Waals surface area contributed by atoms with Gasteiger partial charge in [0, 0.05) is 5.92 Å². The number of methoxy groups -OCH3 is 3. The van der Waals surface area contributed by atoms with Crippen molar-refractivity contribution >= 4 is 24.4 Å². The number of carboxylic acid groups (broad SMARTS) is 1. The number of hydrogen-bond acceptors (Lipinski definition) is 11. The molecular weight excluding hydrogens is 406 g/mol. The summed E-state index contributed by atoms with van der Waals surface area (Å²) in [4.78, 5) is 45.7. The first-order valence-corrected chi connectivity index (χ1v) is 8.49. The molecule has 0 heterocycles. The molecule has 12 nitrogen and oxygen atoms in total. The molecule has 0 spiro atoms. The van der Waals surface area contributed by atoms with Crippen molar-refractivity contribution in [1.29, 1.82) is 0 Å². The maximum Gasteiger partial charge on any atom is 0.513 e. The Balaban J connectivity index is 3.34. The molecule has 0 bridgehead atoms. The van der Waals surface area contributed by atoms with E-state index >= 15 is 0 Å². The van der Waals surface area contributed by atoms with Gasteiger partial charge in [0.2, 0.25) is 0 Å². The Labute approximate surface area is 171 Å². The second kappa shape index (κ2) is 11.5. The molecule has 0 radical (unpaired) electrons. The summed E-state index contributed by atoms with van der Waals surface area (Å²) in [5.41, 5.74) is 6.15. The molecule has 0 aromatic heterocycles. The number of carboxylic acids is 1. The van der Waals surface area contributed by atoms with Crippen molar-refractivity contribution in [1.82, 2.24) is 0 Å². The predicted molar refractivity (Wildman–Crippen MR) is 98.4 cm³/mol. The van der Waals surface area contributed by atoms with Gasteiger partial charge in [0.15, 0.2) is 11.5 Å². The fraction of sp³-hybridized carbons (Fsp3) is 0.444. The van der Waals surface area contributed by atoms with Gasteiger partial charge in [-0.1, -0.05) is 13.0 Å². The van der Waals surface area contributed by atoms with Crippen molar-refractivity contribution in [2.75, 3.05) is 27.9 Å². The summed E-state index contributed by atoms with van der Waals surface area (Å²) in [6, 6.07) is 2.54. The van der Waals surface area contributed by atoms with Crippen molar-refractivity contribution in [3.05, 3.63) is 23.8 Å². The summed E-state index contributed by atoms with van der Waals surface area (Å²) < 4.78 is 28.0. The molecule has 3 atom stereocenters. The number of ether oxygens (including phenoxy) is 6. The maximum atomic E-state index is 11.6. The zero-order chi connectivity index (χ0) is 22.8. The van der Waals surface area contributed by atoms with Crippen molar-refractivity contribution in [2.24, 2.45) is 11.7 Å². The summed E-state index contributed by atoms with van der Waals surface area (Å²) in [6.07, 6.45) is -3.12. The number of hydrogen-bond donors (Lipinski definition) is 2. The third-order valence-corrected chi connectivity index (χ3v) is 3.99. The molecule has 0 aliphatic carbocycles. The molecule has 0 saturated carbocycles. The minimum atomic E-state index is -1.40. The van der Waals surface area contributed by atoms with E-state index in [-0.39, 0.29) is 18.1 Å². The van der Waals surface area contributed by atoms with Crippen molar-refractivity contribution in [2.45, 2.75) is 18.9 Å². The monoisotopic (exact) mass is 429 g/mol. The fourth-order valence-corrected chi connectivity index (χ4v) is 2.56. The van der Waals surface area contributed by atoms with Gasteiger partial charge in [0.25, 0.3) is 0 Å². The molecule has 1 rings (SSSR count). The predicted octanol–water partition coefficient (Wildman–Crippen LogP) is 1.89. The largest absolute Gasteiger partial charge is 0.513 e. The van der Waals surface area contributed by atoms with Crippen LogP contribution >= 0.6 is 0 Å². The van der Waals surface area contributed by atoms with Gasteiger partial charge in [0.1, 0.15) is 6.04 Å². The molecule has 3 N–H and O–H groups in total. The van der Waals surface area contributed by atoms with Crippen LogP contribution < -0.4 is 15.2 Å². The second-order valence-corrected chi connectivity index (χ2v) is 5.95. The summed E-state index contributed by atoms with van der Waals surface area (Å²) in [6.45, 7) is 1.40. The van der Waals surface area contributed by atoms with Crippen molar-refractivity contribution in [3.8, 4) is 11.5 Å². The van der Waals surface area contributed by atoms with Gasteiger partial charge in [-0.3, -0.25) is 4.79 Å². The smallest absolute Gasteiger partial charge is 0.480 e. The van der Waals surface area contributed by atoms with Gasteiger partial charge in [-0.05, 0) is 23.6 Å². The lowest BCUT2D eigenvalue weighted by atomic mass is 9.82. The number of aliphatic carboxylic acids is 1. The molecule has 0 saturated heterocycles. The molecule has 30 heavy (non-hydrogen) atoms. The first kappa shape index (κ1) is 24.5. The zero-order valence-corrected chi connectivity index (χ0v) is 16.8. The van der Waals surface area contributed by atoms with Crippen LogP contribution in [0.15, 0.2) is 18.2 Å².